The zero-order valence-corrected chi connectivity index (χ0v) is 8.92. The van der Waals surface area contributed by atoms with Crippen LogP contribution in [0, 0.1) is 56.8 Å². The van der Waals surface area contributed by atoms with E-state index in [0.29, 0.717) is 0 Å². The third-order valence-electron chi connectivity index (χ3n) is 1.26. The fourth-order valence-electron chi connectivity index (χ4n) is 0.707. The van der Waals surface area contributed by atoms with Gasteiger partial charge in [0.2, 0.25) is 0 Å². The number of hydrogen-bond acceptors (Lipinski definition) is 0. The maximum Gasteiger partial charge on any atom is 0.00523 e. The largest absolute Gasteiger partial charge is 0.0686 e. The molecular weight excluding hydrogens is 207 g/mol. The van der Waals surface area contributed by atoms with Crippen LogP contribution in [0.25, 0.3) is 0 Å². The van der Waals surface area contributed by atoms with Gasteiger partial charge in [-0.15, -0.1) is 0 Å². The molecule has 1 saturated heterocycles. The maximum atomic E-state index is 2.13. The molecule has 0 aromatic carbocycles. The van der Waals surface area contributed by atoms with Crippen LogP contribution in [-0.4, -0.2) is 0 Å². The average Bonchev–Trinajstić information content (AvgIpc) is 2.57. The molecule has 2 heteroatoms. The third-order valence-corrected chi connectivity index (χ3v) is 2.13. The first-order valence-corrected chi connectivity index (χ1v) is 4.57. The van der Waals surface area contributed by atoms with Crippen LogP contribution in [0.4, 0.5) is 0 Å². The molecule has 0 atom stereocenters. The standard InChI is InChI=1S/C5H6P.C5H5.Fe/c1-5-3-2-4-6-5;1-2-4-5-3-1;/h2-4H,1H3;1-5H;. The molecule has 1 aliphatic heterocycles. The van der Waals surface area contributed by atoms with Crippen molar-refractivity contribution >= 4 is 8.58 Å². The zero-order chi connectivity index (χ0) is 7.94. The van der Waals surface area contributed by atoms with Gasteiger partial charge in [0.05, 0.1) is 0 Å². The van der Waals surface area contributed by atoms with Crippen molar-refractivity contribution in [3.63, 3.8) is 0 Å². The summed E-state index contributed by atoms with van der Waals surface area (Å²) >= 11 is 0. The van der Waals surface area contributed by atoms with Gasteiger partial charge in [-0.3, -0.25) is 0 Å². The molecule has 1 aliphatic carbocycles. The molecular formula is C10H11FeP. The van der Waals surface area contributed by atoms with Crippen molar-refractivity contribution in [1.29, 1.82) is 0 Å². The Morgan fingerprint density at radius 1 is 0.917 bits per heavy atom. The van der Waals surface area contributed by atoms with E-state index >= 15 is 0 Å². The van der Waals surface area contributed by atoms with Crippen molar-refractivity contribution in [3.05, 3.63) is 56.8 Å². The van der Waals surface area contributed by atoms with Gasteiger partial charge >= 0.3 is 0 Å². The molecule has 2 fully saturated rings. The molecule has 64 valence electrons. The molecule has 0 spiro atoms. The predicted molar refractivity (Wildman–Crippen MR) is 50.2 cm³/mol. The molecule has 0 aromatic heterocycles. The van der Waals surface area contributed by atoms with Gasteiger partial charge in [0.25, 0.3) is 0 Å². The van der Waals surface area contributed by atoms with Gasteiger partial charge in [0.1, 0.15) is 0 Å². The van der Waals surface area contributed by atoms with E-state index in [1.54, 1.807) is 0 Å². The molecule has 0 aromatic rings. The Kier molecular flexibility index (Phi) is 9.22. The second kappa shape index (κ2) is 8.54. The SMILES string of the molecule is C[C]1[CH][CH][CH][P]1.[CH]1[CH][CH][CH][CH]1.[Fe]. The Bertz CT molecular complexity index is 78.2. The summed E-state index contributed by atoms with van der Waals surface area (Å²) in [4.78, 5) is 0. The molecule has 2 aliphatic rings. The van der Waals surface area contributed by atoms with E-state index in [2.05, 4.69) is 25.9 Å². The van der Waals surface area contributed by atoms with Crippen LogP contribution >= 0.6 is 8.58 Å². The summed E-state index contributed by atoms with van der Waals surface area (Å²) in [5.74, 6) is 0. The number of rotatable bonds is 0. The summed E-state index contributed by atoms with van der Waals surface area (Å²) in [6.07, 6.45) is 16.3. The van der Waals surface area contributed by atoms with Crippen molar-refractivity contribution in [3.8, 4) is 0 Å². The van der Waals surface area contributed by atoms with Crippen LogP contribution in [0.2, 0.25) is 0 Å². The summed E-state index contributed by atoms with van der Waals surface area (Å²) in [7, 11) is 1.37. The van der Waals surface area contributed by atoms with Crippen molar-refractivity contribution in [2.45, 2.75) is 6.92 Å². The Labute approximate surface area is 89.5 Å². The fraction of sp³-hybridized carbons (Fsp3) is 0.100. The van der Waals surface area contributed by atoms with Crippen LogP contribution in [-0.2, 0) is 17.1 Å². The van der Waals surface area contributed by atoms with Gasteiger partial charge in [0, 0.05) is 22.7 Å². The summed E-state index contributed by atoms with van der Waals surface area (Å²) in [5.41, 5.74) is 1.44. The van der Waals surface area contributed by atoms with Gasteiger partial charge in [-0.25, -0.2) is 0 Å². The van der Waals surface area contributed by atoms with Crippen LogP contribution in [0.1, 0.15) is 6.92 Å². The van der Waals surface area contributed by atoms with E-state index in [1.807, 2.05) is 32.1 Å². The van der Waals surface area contributed by atoms with E-state index in [9.17, 15) is 0 Å². The van der Waals surface area contributed by atoms with E-state index in [0.717, 1.165) is 0 Å². The predicted octanol–water partition coefficient (Wildman–Crippen LogP) is 3.09. The number of hydrogen-bond donors (Lipinski definition) is 0. The Morgan fingerprint density at radius 2 is 1.42 bits per heavy atom. The minimum absolute atomic E-state index is 0. The first-order valence-electron chi connectivity index (χ1n) is 3.60. The van der Waals surface area contributed by atoms with E-state index in [-0.39, 0.29) is 17.1 Å². The first kappa shape index (κ1) is 12.9. The van der Waals surface area contributed by atoms with Crippen molar-refractivity contribution < 1.29 is 17.1 Å². The van der Waals surface area contributed by atoms with E-state index in [1.165, 1.54) is 14.2 Å². The second-order valence-electron chi connectivity index (χ2n) is 2.24. The van der Waals surface area contributed by atoms with E-state index < -0.39 is 0 Å². The normalized spacial score (nSPS) is 24.8. The maximum absolute atomic E-state index is 2.13. The Morgan fingerprint density at radius 3 is 1.58 bits per heavy atom. The molecule has 2 rings (SSSR count). The zero-order valence-electron chi connectivity index (χ0n) is 6.92. The molecule has 0 N–H and O–H groups in total. The molecule has 10 radical (unpaired) electrons. The van der Waals surface area contributed by atoms with Crippen molar-refractivity contribution in [2.24, 2.45) is 0 Å². The minimum atomic E-state index is 0. The molecule has 0 bridgehead atoms. The molecule has 0 nitrogen and oxygen atoms in total. The quantitative estimate of drug-likeness (QED) is 0.433. The van der Waals surface area contributed by atoms with Crippen molar-refractivity contribution in [2.75, 3.05) is 0 Å². The summed E-state index contributed by atoms with van der Waals surface area (Å²) < 4.78 is 0. The van der Waals surface area contributed by atoms with Gasteiger partial charge in [-0.2, -0.15) is 0 Å². The monoisotopic (exact) mass is 218 g/mol. The third kappa shape index (κ3) is 6.46. The molecule has 12 heavy (non-hydrogen) atoms. The molecule has 1 saturated carbocycles. The van der Waals surface area contributed by atoms with E-state index in [4.69, 9.17) is 0 Å². The topological polar surface area (TPSA) is 0 Å². The van der Waals surface area contributed by atoms with Crippen molar-refractivity contribution in [1.82, 2.24) is 0 Å². The second-order valence-corrected chi connectivity index (χ2v) is 3.50. The first-order chi connectivity index (χ1) is 5.39. The minimum Gasteiger partial charge on any atom is -0.0686 e. The van der Waals surface area contributed by atoms with Gasteiger partial charge < -0.3 is 0 Å². The van der Waals surface area contributed by atoms with Crippen LogP contribution < -0.4 is 0 Å². The van der Waals surface area contributed by atoms with Gasteiger partial charge in [-0.05, 0) is 51.1 Å². The summed E-state index contributed by atoms with van der Waals surface area (Å²) in [5, 5.41) is 0. The molecule has 0 amide bonds. The molecule has 0 unspecified atom stereocenters. The smallest absolute Gasteiger partial charge is 0.00523 e. The van der Waals surface area contributed by atoms with Crippen LogP contribution in [0.15, 0.2) is 0 Å². The average molecular weight is 218 g/mol. The van der Waals surface area contributed by atoms with Gasteiger partial charge in [-0.1, -0.05) is 15.5 Å². The van der Waals surface area contributed by atoms with Crippen LogP contribution in [0.3, 0.4) is 0 Å². The van der Waals surface area contributed by atoms with Gasteiger partial charge in [0.15, 0.2) is 0 Å². The fourth-order valence-corrected chi connectivity index (χ4v) is 1.29. The Hall–Kier alpha value is 0.949. The van der Waals surface area contributed by atoms with Crippen LogP contribution in [0.5, 0.6) is 0 Å². The summed E-state index contributed by atoms with van der Waals surface area (Å²) in [6, 6.07) is 0. The Balaban J connectivity index is 0.000000189. The summed E-state index contributed by atoms with van der Waals surface area (Å²) in [6.45, 7) is 2.13. The molecule has 1 heterocycles.